The van der Waals surface area contributed by atoms with Crippen LogP contribution in [0.4, 0.5) is 0 Å². The Bertz CT molecular complexity index is 762. The van der Waals surface area contributed by atoms with Gasteiger partial charge < -0.3 is 19.3 Å². The second-order valence-corrected chi connectivity index (χ2v) is 6.58. The highest BCUT2D eigenvalue weighted by molar-refractivity contribution is 5.89. The van der Waals surface area contributed by atoms with Crippen LogP contribution in [0, 0.1) is 0 Å². The number of ether oxygens (including phenoxy) is 1. The van der Waals surface area contributed by atoms with Gasteiger partial charge in [-0.1, -0.05) is 18.2 Å². The lowest BCUT2D eigenvalue weighted by molar-refractivity contribution is -0.139. The molecule has 1 fully saturated rings. The van der Waals surface area contributed by atoms with Gasteiger partial charge >= 0.3 is 5.97 Å². The minimum absolute atomic E-state index is 0.0188. The lowest BCUT2D eigenvalue weighted by Gasteiger charge is -2.25. The number of fused-ring (bicyclic) bond motifs is 1. The molecule has 1 aliphatic rings. The van der Waals surface area contributed by atoms with Crippen molar-refractivity contribution in [2.75, 3.05) is 19.7 Å². The molecule has 1 amide bonds. The van der Waals surface area contributed by atoms with Gasteiger partial charge in [0.25, 0.3) is 0 Å². The summed E-state index contributed by atoms with van der Waals surface area (Å²) < 4.78 is 7.63. The molecule has 0 radical (unpaired) electrons. The van der Waals surface area contributed by atoms with Crippen LogP contribution in [0.3, 0.4) is 0 Å². The molecule has 1 N–H and O–H groups in total. The third-order valence-corrected chi connectivity index (χ3v) is 4.72. The number of aromatic nitrogens is 1. The Kier molecular flexibility index (Phi) is 5.38. The zero-order valence-electron chi connectivity index (χ0n) is 14.5. The third-order valence-electron chi connectivity index (χ3n) is 4.72. The smallest absolute Gasteiger partial charge is 0.305 e. The number of carbonyl (C=O) groups is 2. The van der Waals surface area contributed by atoms with Crippen molar-refractivity contribution in [3.8, 4) is 0 Å². The van der Waals surface area contributed by atoms with Crippen molar-refractivity contribution in [2.45, 2.75) is 31.8 Å². The van der Waals surface area contributed by atoms with Gasteiger partial charge in [0.05, 0.1) is 18.9 Å². The standard InChI is InChI=1S/C19H24N2O4/c1-20-12-14(16-6-2-3-7-17(16)20)11-18(22)21(9-8-19(23)24)13-15-5-4-10-25-15/h2-3,6-7,12,15H,4-5,8-11,13H2,1H3,(H,23,24)/t15-/m1/s1. The predicted molar refractivity (Wildman–Crippen MR) is 94.4 cm³/mol. The molecule has 1 aliphatic heterocycles. The third kappa shape index (κ3) is 4.20. The Morgan fingerprint density at radius 2 is 2.16 bits per heavy atom. The molecule has 134 valence electrons. The molecule has 0 unspecified atom stereocenters. The molecule has 0 aliphatic carbocycles. The van der Waals surface area contributed by atoms with E-state index in [1.807, 2.05) is 42.1 Å². The maximum Gasteiger partial charge on any atom is 0.305 e. The minimum Gasteiger partial charge on any atom is -0.481 e. The number of hydrogen-bond acceptors (Lipinski definition) is 3. The van der Waals surface area contributed by atoms with E-state index >= 15 is 0 Å². The maximum absolute atomic E-state index is 12.8. The second kappa shape index (κ2) is 7.70. The van der Waals surface area contributed by atoms with Crippen LogP contribution in [0.25, 0.3) is 10.9 Å². The van der Waals surface area contributed by atoms with Crippen LogP contribution in [-0.4, -0.2) is 52.3 Å². The van der Waals surface area contributed by atoms with Gasteiger partial charge in [-0.15, -0.1) is 0 Å². The average Bonchev–Trinajstić information content (AvgIpc) is 3.20. The predicted octanol–water partition coefficient (Wildman–Crippen LogP) is 2.20. The first-order chi connectivity index (χ1) is 12.0. The maximum atomic E-state index is 12.8. The summed E-state index contributed by atoms with van der Waals surface area (Å²) in [6.07, 6.45) is 4.14. The highest BCUT2D eigenvalue weighted by atomic mass is 16.5. The second-order valence-electron chi connectivity index (χ2n) is 6.58. The number of nitrogens with zero attached hydrogens (tertiary/aromatic N) is 2. The average molecular weight is 344 g/mol. The van der Waals surface area contributed by atoms with Crippen molar-refractivity contribution < 1.29 is 19.4 Å². The molecule has 6 nitrogen and oxygen atoms in total. The van der Waals surface area contributed by atoms with Gasteiger partial charge in [0.15, 0.2) is 0 Å². The van der Waals surface area contributed by atoms with Crippen molar-refractivity contribution in [3.05, 3.63) is 36.0 Å². The van der Waals surface area contributed by atoms with Crippen LogP contribution in [0.15, 0.2) is 30.5 Å². The number of aryl methyl sites for hydroxylation is 1. The van der Waals surface area contributed by atoms with E-state index in [-0.39, 0.29) is 31.4 Å². The number of hydrogen-bond donors (Lipinski definition) is 1. The monoisotopic (exact) mass is 344 g/mol. The Hall–Kier alpha value is -2.34. The van der Waals surface area contributed by atoms with E-state index in [1.54, 1.807) is 4.90 Å². The number of rotatable bonds is 7. The molecule has 0 spiro atoms. The van der Waals surface area contributed by atoms with Gasteiger partial charge in [0.2, 0.25) is 5.91 Å². The number of carboxylic acid groups (broad SMARTS) is 1. The van der Waals surface area contributed by atoms with Gasteiger partial charge in [-0.05, 0) is 24.5 Å². The molecule has 1 aromatic carbocycles. The van der Waals surface area contributed by atoms with Crippen LogP contribution >= 0.6 is 0 Å². The first-order valence-electron chi connectivity index (χ1n) is 8.68. The number of carboxylic acids is 1. The Morgan fingerprint density at radius 1 is 1.36 bits per heavy atom. The van der Waals surface area contributed by atoms with Crippen molar-refractivity contribution >= 4 is 22.8 Å². The Balaban J connectivity index is 1.74. The summed E-state index contributed by atoms with van der Waals surface area (Å²) in [7, 11) is 1.96. The number of amides is 1. The van der Waals surface area contributed by atoms with Crippen molar-refractivity contribution in [2.24, 2.45) is 7.05 Å². The van der Waals surface area contributed by atoms with E-state index in [0.29, 0.717) is 6.54 Å². The van der Waals surface area contributed by atoms with Gasteiger partial charge in [-0.3, -0.25) is 9.59 Å². The zero-order chi connectivity index (χ0) is 17.8. The number of carbonyl (C=O) groups excluding carboxylic acids is 1. The van der Waals surface area contributed by atoms with Crippen LogP contribution in [-0.2, 0) is 27.8 Å². The largest absolute Gasteiger partial charge is 0.481 e. The molecular weight excluding hydrogens is 320 g/mol. The topological polar surface area (TPSA) is 71.8 Å². The summed E-state index contributed by atoms with van der Waals surface area (Å²) in [5.41, 5.74) is 2.05. The lowest BCUT2D eigenvalue weighted by atomic mass is 10.1. The van der Waals surface area contributed by atoms with E-state index in [4.69, 9.17) is 9.84 Å². The summed E-state index contributed by atoms with van der Waals surface area (Å²) in [5.74, 6) is -0.941. The molecule has 2 heterocycles. The molecule has 3 rings (SSSR count). The van der Waals surface area contributed by atoms with E-state index in [1.165, 1.54) is 0 Å². The molecule has 2 aromatic rings. The van der Waals surface area contributed by atoms with Crippen LogP contribution in [0.2, 0.25) is 0 Å². The summed E-state index contributed by atoms with van der Waals surface area (Å²) in [4.78, 5) is 25.4. The molecule has 6 heteroatoms. The molecular formula is C19H24N2O4. The Labute approximate surface area is 147 Å². The van der Waals surface area contributed by atoms with Gasteiger partial charge in [-0.2, -0.15) is 0 Å². The van der Waals surface area contributed by atoms with Crippen LogP contribution in [0.5, 0.6) is 0 Å². The number of benzene rings is 1. The molecule has 1 atom stereocenters. The normalized spacial score (nSPS) is 17.1. The van der Waals surface area contributed by atoms with E-state index in [0.717, 1.165) is 35.9 Å². The molecule has 1 aromatic heterocycles. The molecule has 1 saturated heterocycles. The van der Waals surface area contributed by atoms with Crippen LogP contribution < -0.4 is 0 Å². The zero-order valence-corrected chi connectivity index (χ0v) is 14.5. The summed E-state index contributed by atoms with van der Waals surface area (Å²) in [6, 6.07) is 7.98. The fraction of sp³-hybridized carbons (Fsp3) is 0.474. The first-order valence-corrected chi connectivity index (χ1v) is 8.68. The quantitative estimate of drug-likeness (QED) is 0.836. The highest BCUT2D eigenvalue weighted by Gasteiger charge is 2.24. The molecule has 0 saturated carbocycles. The summed E-state index contributed by atoms with van der Waals surface area (Å²) in [6.45, 7) is 1.41. The number of para-hydroxylation sites is 1. The molecule has 0 bridgehead atoms. The summed E-state index contributed by atoms with van der Waals surface area (Å²) in [5, 5.41) is 10.0. The first kappa shape index (κ1) is 17.5. The fourth-order valence-electron chi connectivity index (χ4n) is 3.42. The SMILES string of the molecule is Cn1cc(CC(=O)N(CCC(=O)O)C[C@H]2CCCO2)c2ccccc21. The van der Waals surface area contributed by atoms with Gasteiger partial charge in [-0.25, -0.2) is 0 Å². The lowest BCUT2D eigenvalue weighted by Crippen LogP contribution is -2.39. The Morgan fingerprint density at radius 3 is 2.88 bits per heavy atom. The van der Waals surface area contributed by atoms with E-state index in [2.05, 4.69) is 0 Å². The number of aliphatic carboxylic acids is 1. The van der Waals surface area contributed by atoms with Gasteiger partial charge in [0.1, 0.15) is 0 Å². The summed E-state index contributed by atoms with van der Waals surface area (Å²) >= 11 is 0. The van der Waals surface area contributed by atoms with Crippen LogP contribution in [0.1, 0.15) is 24.8 Å². The van der Waals surface area contributed by atoms with Gasteiger partial charge in [0, 0.05) is 43.8 Å². The highest BCUT2D eigenvalue weighted by Crippen LogP contribution is 2.22. The van der Waals surface area contributed by atoms with E-state index in [9.17, 15) is 9.59 Å². The van der Waals surface area contributed by atoms with Crippen molar-refractivity contribution in [3.63, 3.8) is 0 Å². The minimum atomic E-state index is -0.893. The fourth-order valence-corrected chi connectivity index (χ4v) is 3.42. The van der Waals surface area contributed by atoms with E-state index < -0.39 is 5.97 Å². The van der Waals surface area contributed by atoms with Crippen molar-refractivity contribution in [1.29, 1.82) is 0 Å². The molecule has 25 heavy (non-hydrogen) atoms. The van der Waals surface area contributed by atoms with Crippen molar-refractivity contribution in [1.82, 2.24) is 9.47 Å².